The zero-order valence-corrected chi connectivity index (χ0v) is 16.4. The second kappa shape index (κ2) is 9.54. The van der Waals surface area contributed by atoms with Crippen LogP contribution in [0.25, 0.3) is 0 Å². The fourth-order valence-electron chi connectivity index (χ4n) is 4.01. The van der Waals surface area contributed by atoms with Crippen LogP contribution in [0, 0.1) is 23.1 Å². The van der Waals surface area contributed by atoms with Crippen LogP contribution < -0.4 is 10.6 Å². The predicted octanol–water partition coefficient (Wildman–Crippen LogP) is 2.54. The van der Waals surface area contributed by atoms with Crippen molar-refractivity contribution in [3.63, 3.8) is 0 Å². The van der Waals surface area contributed by atoms with E-state index in [-0.39, 0.29) is 18.5 Å². The first-order valence-electron chi connectivity index (χ1n) is 10.0. The molecule has 150 valence electrons. The molecule has 6 nitrogen and oxygen atoms in total. The van der Waals surface area contributed by atoms with Gasteiger partial charge in [0.25, 0.3) is 0 Å². The molecule has 2 N–H and O–H groups in total. The van der Waals surface area contributed by atoms with Crippen molar-refractivity contribution in [2.45, 2.75) is 51.1 Å². The van der Waals surface area contributed by atoms with Gasteiger partial charge in [0, 0.05) is 44.2 Å². The number of halogens is 1. The van der Waals surface area contributed by atoms with Gasteiger partial charge in [-0.15, -0.1) is 0 Å². The molecular weight excluding hydrogens is 357 g/mol. The highest BCUT2D eigenvalue weighted by Crippen LogP contribution is 2.26. The molecule has 1 saturated carbocycles. The van der Waals surface area contributed by atoms with Gasteiger partial charge in [0.1, 0.15) is 5.82 Å². The maximum absolute atomic E-state index is 14.0. The van der Waals surface area contributed by atoms with Crippen molar-refractivity contribution in [3.05, 3.63) is 35.1 Å². The van der Waals surface area contributed by atoms with E-state index < -0.39 is 5.82 Å². The van der Waals surface area contributed by atoms with E-state index in [0.717, 1.165) is 38.6 Å². The lowest BCUT2D eigenvalue weighted by Gasteiger charge is -2.26. The van der Waals surface area contributed by atoms with E-state index in [1.165, 1.54) is 12.5 Å². The van der Waals surface area contributed by atoms with Crippen molar-refractivity contribution >= 4 is 11.9 Å². The van der Waals surface area contributed by atoms with Gasteiger partial charge in [0.05, 0.1) is 11.6 Å². The molecule has 1 atom stereocenters. The Morgan fingerprint density at radius 3 is 2.79 bits per heavy atom. The number of nitrogens with one attached hydrogen (secondary N) is 2. The smallest absolute Gasteiger partial charge is 0.225 e. The molecular formula is C21H28FN5O. The monoisotopic (exact) mass is 385 g/mol. The van der Waals surface area contributed by atoms with Crippen molar-refractivity contribution in [1.29, 1.82) is 5.26 Å². The van der Waals surface area contributed by atoms with Crippen molar-refractivity contribution in [2.75, 3.05) is 20.1 Å². The number of guanidine groups is 1. The van der Waals surface area contributed by atoms with E-state index in [4.69, 9.17) is 5.26 Å². The van der Waals surface area contributed by atoms with Crippen LogP contribution in [0.2, 0.25) is 0 Å². The number of carbonyl (C=O) groups excluding carboxylic acids is 1. The molecule has 2 fully saturated rings. The summed E-state index contributed by atoms with van der Waals surface area (Å²) < 4.78 is 14.0. The van der Waals surface area contributed by atoms with Gasteiger partial charge in [-0.05, 0) is 31.4 Å². The van der Waals surface area contributed by atoms with E-state index >= 15 is 0 Å². The number of rotatable bonds is 4. The van der Waals surface area contributed by atoms with Crippen molar-refractivity contribution in [1.82, 2.24) is 15.5 Å². The van der Waals surface area contributed by atoms with Crippen LogP contribution in [0.4, 0.5) is 4.39 Å². The number of benzene rings is 1. The summed E-state index contributed by atoms with van der Waals surface area (Å²) in [6, 6.07) is 6.51. The number of hydrogen-bond donors (Lipinski definition) is 2. The lowest BCUT2D eigenvalue weighted by molar-refractivity contribution is -0.135. The average Bonchev–Trinajstić information content (AvgIpc) is 3.20. The Morgan fingerprint density at radius 2 is 2.11 bits per heavy atom. The van der Waals surface area contributed by atoms with E-state index in [0.29, 0.717) is 29.5 Å². The number of nitriles is 1. The number of carbonyl (C=O) groups is 1. The highest BCUT2D eigenvalue weighted by Gasteiger charge is 2.31. The highest BCUT2D eigenvalue weighted by atomic mass is 19.1. The van der Waals surface area contributed by atoms with Crippen LogP contribution in [0.15, 0.2) is 23.2 Å². The molecule has 0 aromatic heterocycles. The molecule has 1 aliphatic heterocycles. The lowest BCUT2D eigenvalue weighted by Crippen LogP contribution is -2.45. The standard InChI is InChI=1S/C21H28FN5O/c1-24-21(25-13-17-8-7-15(12-23)11-19(17)22)26-18-9-10-27(14-18)20(28)16-5-3-2-4-6-16/h7-8,11,16,18H,2-6,9-10,13-14H2,1H3,(H2,24,25,26). The molecule has 28 heavy (non-hydrogen) atoms. The largest absolute Gasteiger partial charge is 0.352 e. The highest BCUT2D eigenvalue weighted by molar-refractivity contribution is 5.81. The van der Waals surface area contributed by atoms with Crippen LogP contribution in [-0.2, 0) is 11.3 Å². The zero-order valence-electron chi connectivity index (χ0n) is 16.4. The fourth-order valence-corrected chi connectivity index (χ4v) is 4.01. The fraction of sp³-hybridized carbons (Fsp3) is 0.571. The van der Waals surface area contributed by atoms with Crippen molar-refractivity contribution < 1.29 is 9.18 Å². The zero-order chi connectivity index (χ0) is 19.9. The Hall–Kier alpha value is -2.62. The van der Waals surface area contributed by atoms with Gasteiger partial charge in [-0.25, -0.2) is 4.39 Å². The van der Waals surface area contributed by atoms with Crippen LogP contribution >= 0.6 is 0 Å². The molecule has 1 unspecified atom stereocenters. The van der Waals surface area contributed by atoms with Gasteiger partial charge in [-0.2, -0.15) is 5.26 Å². The number of hydrogen-bond acceptors (Lipinski definition) is 3. The van der Waals surface area contributed by atoms with E-state index in [2.05, 4.69) is 15.6 Å². The van der Waals surface area contributed by atoms with Gasteiger partial charge in [0.15, 0.2) is 5.96 Å². The molecule has 0 spiro atoms. The number of aliphatic imine (C=N–C) groups is 1. The Labute approximate surface area is 165 Å². The molecule has 1 amide bonds. The topological polar surface area (TPSA) is 80.5 Å². The molecule has 0 bridgehead atoms. The van der Waals surface area contributed by atoms with Gasteiger partial charge in [-0.1, -0.05) is 25.3 Å². The SMILES string of the molecule is CN=C(NCc1ccc(C#N)cc1F)NC1CCN(C(=O)C2CCCCC2)C1. The van der Waals surface area contributed by atoms with Gasteiger partial charge >= 0.3 is 0 Å². The normalized spacial score (nSPS) is 20.7. The van der Waals surface area contributed by atoms with Crippen LogP contribution in [-0.4, -0.2) is 42.9 Å². The van der Waals surface area contributed by atoms with Crippen LogP contribution in [0.3, 0.4) is 0 Å². The minimum absolute atomic E-state index is 0.143. The summed E-state index contributed by atoms with van der Waals surface area (Å²) in [4.78, 5) is 18.9. The van der Waals surface area contributed by atoms with E-state index in [1.807, 2.05) is 11.0 Å². The summed E-state index contributed by atoms with van der Waals surface area (Å²) in [5.74, 6) is 0.670. The molecule has 1 heterocycles. The first-order valence-corrected chi connectivity index (χ1v) is 10.0. The molecule has 1 aromatic carbocycles. The van der Waals surface area contributed by atoms with Gasteiger partial charge in [-0.3, -0.25) is 9.79 Å². The lowest BCUT2D eigenvalue weighted by atomic mass is 9.88. The minimum Gasteiger partial charge on any atom is -0.352 e. The molecule has 7 heteroatoms. The second-order valence-corrected chi connectivity index (χ2v) is 7.59. The maximum atomic E-state index is 14.0. The summed E-state index contributed by atoms with van der Waals surface area (Å²) in [6.07, 6.45) is 6.49. The first kappa shape index (κ1) is 20.1. The molecule has 1 aliphatic carbocycles. The quantitative estimate of drug-likeness (QED) is 0.617. The number of nitrogens with zero attached hydrogens (tertiary/aromatic N) is 3. The Balaban J connectivity index is 1.49. The molecule has 1 aromatic rings. The molecule has 2 aliphatic rings. The minimum atomic E-state index is -0.410. The summed E-state index contributed by atoms with van der Waals surface area (Å²) in [5, 5.41) is 15.3. The summed E-state index contributed by atoms with van der Waals surface area (Å²) in [6.45, 7) is 1.73. The molecule has 3 rings (SSSR count). The van der Waals surface area contributed by atoms with Crippen molar-refractivity contribution in [2.24, 2.45) is 10.9 Å². The number of likely N-dealkylation sites (tertiary alicyclic amines) is 1. The average molecular weight is 385 g/mol. The molecule has 0 radical (unpaired) electrons. The second-order valence-electron chi connectivity index (χ2n) is 7.59. The summed E-state index contributed by atoms with van der Waals surface area (Å²) in [7, 11) is 1.67. The summed E-state index contributed by atoms with van der Waals surface area (Å²) in [5.41, 5.74) is 0.778. The van der Waals surface area contributed by atoms with E-state index in [9.17, 15) is 9.18 Å². The summed E-state index contributed by atoms with van der Waals surface area (Å²) >= 11 is 0. The van der Waals surface area contributed by atoms with Crippen molar-refractivity contribution in [3.8, 4) is 6.07 Å². The van der Waals surface area contributed by atoms with Gasteiger partial charge < -0.3 is 15.5 Å². The predicted molar refractivity (Wildman–Crippen MR) is 106 cm³/mol. The first-order chi connectivity index (χ1) is 13.6. The maximum Gasteiger partial charge on any atom is 0.225 e. The number of amides is 1. The Morgan fingerprint density at radius 1 is 1.32 bits per heavy atom. The third-order valence-corrected chi connectivity index (χ3v) is 5.65. The van der Waals surface area contributed by atoms with Gasteiger partial charge in [0.2, 0.25) is 5.91 Å². The van der Waals surface area contributed by atoms with Crippen LogP contribution in [0.5, 0.6) is 0 Å². The Bertz CT molecular complexity index is 767. The molecule has 1 saturated heterocycles. The third kappa shape index (κ3) is 5.00. The third-order valence-electron chi connectivity index (χ3n) is 5.65. The Kier molecular flexibility index (Phi) is 6.85. The van der Waals surface area contributed by atoms with E-state index in [1.54, 1.807) is 19.2 Å². The van der Waals surface area contributed by atoms with Crippen LogP contribution in [0.1, 0.15) is 49.7 Å².